The van der Waals surface area contributed by atoms with Crippen LogP contribution in [-0.2, 0) is 6.54 Å². The molecule has 0 spiro atoms. The second kappa shape index (κ2) is 7.79. The molecule has 0 atom stereocenters. The molecule has 0 saturated heterocycles. The molecule has 1 rings (SSSR count). The van der Waals surface area contributed by atoms with Crippen LogP contribution in [0.2, 0.25) is 0 Å². The van der Waals surface area contributed by atoms with Gasteiger partial charge in [0, 0.05) is 11.9 Å². The van der Waals surface area contributed by atoms with E-state index in [1.54, 1.807) is 11.3 Å². The van der Waals surface area contributed by atoms with Gasteiger partial charge in [0.25, 0.3) is 0 Å². The van der Waals surface area contributed by atoms with Crippen LogP contribution in [0.3, 0.4) is 0 Å². The summed E-state index contributed by atoms with van der Waals surface area (Å²) < 4.78 is 0. The van der Waals surface area contributed by atoms with Crippen LogP contribution in [0.4, 0.5) is 0 Å². The number of nitrogens with two attached hydrogens (primary N) is 1. The van der Waals surface area contributed by atoms with Gasteiger partial charge in [0.2, 0.25) is 0 Å². The van der Waals surface area contributed by atoms with Crippen LogP contribution in [0, 0.1) is 0 Å². The molecule has 0 saturated carbocycles. The highest BCUT2D eigenvalue weighted by molar-refractivity contribution is 7.07. The number of nitrogens with zero attached hydrogens (tertiary/aromatic N) is 2. The predicted molar refractivity (Wildman–Crippen MR) is 66.0 cm³/mol. The molecule has 1 aromatic rings. The Morgan fingerprint density at radius 1 is 1.33 bits per heavy atom. The van der Waals surface area contributed by atoms with Crippen LogP contribution in [-0.4, -0.2) is 30.0 Å². The zero-order valence-corrected chi connectivity index (χ0v) is 10.3. The molecule has 86 valence electrons. The quantitative estimate of drug-likeness (QED) is 0.692. The van der Waals surface area contributed by atoms with E-state index in [0.29, 0.717) is 0 Å². The first-order valence-corrected chi connectivity index (χ1v) is 6.53. The van der Waals surface area contributed by atoms with Crippen LogP contribution in [0.5, 0.6) is 0 Å². The fourth-order valence-corrected chi connectivity index (χ4v) is 2.10. The van der Waals surface area contributed by atoms with E-state index in [1.165, 1.54) is 25.0 Å². The first-order valence-electron chi connectivity index (χ1n) is 5.58. The third-order valence-electron chi connectivity index (χ3n) is 2.41. The van der Waals surface area contributed by atoms with Crippen molar-refractivity contribution in [2.24, 2.45) is 5.73 Å². The van der Waals surface area contributed by atoms with Crippen molar-refractivity contribution < 1.29 is 0 Å². The van der Waals surface area contributed by atoms with E-state index < -0.39 is 0 Å². The molecule has 2 N–H and O–H groups in total. The summed E-state index contributed by atoms with van der Waals surface area (Å²) in [5.74, 6) is 0. The molecule has 4 heteroatoms. The Kier molecular flexibility index (Phi) is 6.55. The number of unbranched alkanes of at least 4 members (excludes halogenated alkanes) is 3. The lowest BCUT2D eigenvalue weighted by atomic mass is 10.2. The van der Waals surface area contributed by atoms with Crippen molar-refractivity contribution >= 4 is 11.3 Å². The van der Waals surface area contributed by atoms with Crippen LogP contribution < -0.4 is 5.73 Å². The van der Waals surface area contributed by atoms with Crippen molar-refractivity contribution in [3.05, 3.63) is 16.6 Å². The lowest BCUT2D eigenvalue weighted by Crippen LogP contribution is -2.19. The molecule has 0 fully saturated rings. The van der Waals surface area contributed by atoms with Crippen molar-refractivity contribution in [1.29, 1.82) is 0 Å². The summed E-state index contributed by atoms with van der Waals surface area (Å²) in [6.45, 7) is 2.96. The molecule has 0 unspecified atom stereocenters. The standard InChI is InChI=1S/C11H21N3S/c1-14(7-5-3-2-4-6-12)8-11-9-15-10-13-11/h9-10H,2-8,12H2,1H3. The van der Waals surface area contributed by atoms with Gasteiger partial charge in [0.05, 0.1) is 11.2 Å². The van der Waals surface area contributed by atoms with Crippen LogP contribution in [0.25, 0.3) is 0 Å². The largest absolute Gasteiger partial charge is 0.330 e. The second-order valence-corrected chi connectivity index (χ2v) is 4.64. The fraction of sp³-hybridized carbons (Fsp3) is 0.727. The van der Waals surface area contributed by atoms with E-state index in [-0.39, 0.29) is 0 Å². The topological polar surface area (TPSA) is 42.1 Å². The third-order valence-corrected chi connectivity index (χ3v) is 3.04. The molecule has 0 radical (unpaired) electrons. The minimum Gasteiger partial charge on any atom is -0.330 e. The highest BCUT2D eigenvalue weighted by Gasteiger charge is 2.01. The zero-order valence-electron chi connectivity index (χ0n) is 9.48. The SMILES string of the molecule is CN(CCCCCCN)Cc1cscn1. The summed E-state index contributed by atoms with van der Waals surface area (Å²) in [7, 11) is 2.16. The molecular weight excluding hydrogens is 206 g/mol. The van der Waals surface area contributed by atoms with E-state index in [1.807, 2.05) is 5.51 Å². The van der Waals surface area contributed by atoms with Crippen LogP contribution in [0.1, 0.15) is 31.4 Å². The Morgan fingerprint density at radius 2 is 2.13 bits per heavy atom. The van der Waals surface area contributed by atoms with Gasteiger partial charge in [-0.2, -0.15) is 0 Å². The third kappa shape index (κ3) is 5.87. The second-order valence-electron chi connectivity index (χ2n) is 3.92. The minimum atomic E-state index is 0.828. The van der Waals surface area contributed by atoms with Gasteiger partial charge in [-0.25, -0.2) is 4.98 Å². The molecule has 1 aromatic heterocycles. The van der Waals surface area contributed by atoms with Crippen LogP contribution in [0.15, 0.2) is 10.9 Å². The number of hydrogen-bond donors (Lipinski definition) is 1. The normalized spacial score (nSPS) is 11.1. The molecule has 1 heterocycles. The maximum Gasteiger partial charge on any atom is 0.0795 e. The van der Waals surface area contributed by atoms with Crippen LogP contribution >= 0.6 is 11.3 Å². The first kappa shape index (κ1) is 12.6. The van der Waals surface area contributed by atoms with Gasteiger partial charge >= 0.3 is 0 Å². The Bertz CT molecular complexity index is 236. The number of aromatic nitrogens is 1. The van der Waals surface area contributed by atoms with Crippen molar-refractivity contribution in [3.8, 4) is 0 Å². The van der Waals surface area contributed by atoms with Crippen molar-refractivity contribution in [3.63, 3.8) is 0 Å². The Labute approximate surface area is 96.3 Å². The van der Waals surface area contributed by atoms with Crippen molar-refractivity contribution in [2.75, 3.05) is 20.1 Å². The number of thiazole rings is 1. The molecule has 15 heavy (non-hydrogen) atoms. The Balaban J connectivity index is 2.01. The number of hydrogen-bond acceptors (Lipinski definition) is 4. The van der Waals surface area contributed by atoms with Gasteiger partial charge in [-0.05, 0) is 33.0 Å². The zero-order chi connectivity index (χ0) is 10.9. The first-order chi connectivity index (χ1) is 7.33. The summed E-state index contributed by atoms with van der Waals surface area (Å²) in [5, 5.41) is 2.12. The lowest BCUT2D eigenvalue weighted by Gasteiger charge is -2.14. The fourth-order valence-electron chi connectivity index (χ4n) is 1.55. The van der Waals surface area contributed by atoms with Gasteiger partial charge in [-0.1, -0.05) is 12.8 Å². The van der Waals surface area contributed by atoms with Gasteiger partial charge in [0.1, 0.15) is 0 Å². The molecule has 0 bridgehead atoms. The average Bonchev–Trinajstić information content (AvgIpc) is 2.70. The molecule has 0 amide bonds. The van der Waals surface area contributed by atoms with E-state index >= 15 is 0 Å². The molecule has 0 aliphatic heterocycles. The van der Waals surface area contributed by atoms with Gasteiger partial charge < -0.3 is 10.6 Å². The summed E-state index contributed by atoms with van der Waals surface area (Å²) in [5.41, 5.74) is 8.52. The summed E-state index contributed by atoms with van der Waals surface area (Å²) >= 11 is 1.66. The Morgan fingerprint density at radius 3 is 2.80 bits per heavy atom. The van der Waals surface area contributed by atoms with Gasteiger partial charge in [-0.15, -0.1) is 11.3 Å². The monoisotopic (exact) mass is 227 g/mol. The van der Waals surface area contributed by atoms with Gasteiger partial charge in [0.15, 0.2) is 0 Å². The molecule has 0 aliphatic rings. The maximum absolute atomic E-state index is 5.44. The highest BCUT2D eigenvalue weighted by atomic mass is 32.1. The number of rotatable bonds is 8. The maximum atomic E-state index is 5.44. The molecule has 3 nitrogen and oxygen atoms in total. The summed E-state index contributed by atoms with van der Waals surface area (Å²) in [6, 6.07) is 0. The minimum absolute atomic E-state index is 0.828. The van der Waals surface area contributed by atoms with Crippen molar-refractivity contribution in [2.45, 2.75) is 32.2 Å². The van der Waals surface area contributed by atoms with E-state index in [0.717, 1.165) is 26.1 Å². The smallest absolute Gasteiger partial charge is 0.0795 e. The average molecular weight is 227 g/mol. The molecular formula is C11H21N3S. The summed E-state index contributed by atoms with van der Waals surface area (Å²) in [4.78, 5) is 6.61. The van der Waals surface area contributed by atoms with E-state index in [2.05, 4.69) is 22.3 Å². The summed E-state index contributed by atoms with van der Waals surface area (Å²) in [6.07, 6.45) is 4.98. The highest BCUT2D eigenvalue weighted by Crippen LogP contribution is 2.06. The Hall–Kier alpha value is -0.450. The van der Waals surface area contributed by atoms with E-state index in [9.17, 15) is 0 Å². The predicted octanol–water partition coefficient (Wildman–Crippen LogP) is 2.09. The molecule has 0 aromatic carbocycles. The molecule has 0 aliphatic carbocycles. The van der Waals surface area contributed by atoms with Crippen molar-refractivity contribution in [1.82, 2.24) is 9.88 Å². The lowest BCUT2D eigenvalue weighted by molar-refractivity contribution is 0.314. The van der Waals surface area contributed by atoms with Gasteiger partial charge in [-0.3, -0.25) is 0 Å². The van der Waals surface area contributed by atoms with E-state index in [4.69, 9.17) is 5.73 Å².